The highest BCUT2D eigenvalue weighted by atomic mass is 19.4. The van der Waals surface area contributed by atoms with Crippen molar-refractivity contribution >= 4 is 23.2 Å². The van der Waals surface area contributed by atoms with Crippen molar-refractivity contribution < 1.29 is 32.6 Å². The van der Waals surface area contributed by atoms with Gasteiger partial charge in [-0.25, -0.2) is 0 Å². The highest BCUT2D eigenvalue weighted by Crippen LogP contribution is 2.30. The molecule has 8 nitrogen and oxygen atoms in total. The van der Waals surface area contributed by atoms with Crippen LogP contribution < -0.4 is 21.5 Å². The molecule has 29 heavy (non-hydrogen) atoms. The average molecular weight is 410 g/mol. The number of hydrogen-bond acceptors (Lipinski definition) is 6. The third-order valence-corrected chi connectivity index (χ3v) is 4.03. The molecular formula is C18H17F3N4O4. The van der Waals surface area contributed by atoms with Crippen molar-refractivity contribution in [2.75, 3.05) is 11.9 Å². The summed E-state index contributed by atoms with van der Waals surface area (Å²) in [5.41, 5.74) is 4.46. The lowest BCUT2D eigenvalue weighted by Gasteiger charge is -2.14. The first-order valence-electron chi connectivity index (χ1n) is 8.44. The first-order chi connectivity index (χ1) is 13.7. The van der Waals surface area contributed by atoms with E-state index in [1.165, 1.54) is 18.2 Å². The van der Waals surface area contributed by atoms with Crippen molar-refractivity contribution in [3.63, 3.8) is 0 Å². The van der Waals surface area contributed by atoms with Gasteiger partial charge in [-0.05, 0) is 36.4 Å². The number of alkyl halides is 3. The minimum absolute atomic E-state index is 0.0783. The number of ether oxygens (including phenoxy) is 1. The third-order valence-electron chi connectivity index (χ3n) is 4.03. The van der Waals surface area contributed by atoms with Crippen LogP contribution in [-0.4, -0.2) is 36.0 Å². The molecule has 1 aliphatic heterocycles. The van der Waals surface area contributed by atoms with Gasteiger partial charge >= 0.3 is 6.18 Å². The summed E-state index contributed by atoms with van der Waals surface area (Å²) in [6.45, 7) is 0.0783. The Hall–Kier alpha value is -3.15. The van der Waals surface area contributed by atoms with E-state index in [0.29, 0.717) is 11.4 Å². The number of para-hydroxylation sites is 1. The smallest absolute Gasteiger partial charge is 0.356 e. The molecule has 0 bridgehead atoms. The van der Waals surface area contributed by atoms with Gasteiger partial charge in [-0.3, -0.25) is 25.8 Å². The molecule has 0 saturated carbocycles. The SMILES string of the molecule is O=C(NNC(=O)C1CNC(O)O1)c1ccccc1Nc1ccc(C(F)(F)F)cc1. The topological polar surface area (TPSA) is 112 Å². The van der Waals surface area contributed by atoms with E-state index >= 15 is 0 Å². The van der Waals surface area contributed by atoms with Gasteiger partial charge in [-0.15, -0.1) is 0 Å². The number of nitrogens with one attached hydrogen (secondary N) is 4. The maximum atomic E-state index is 12.7. The van der Waals surface area contributed by atoms with Gasteiger partial charge in [-0.2, -0.15) is 13.2 Å². The average Bonchev–Trinajstić information content (AvgIpc) is 3.12. The van der Waals surface area contributed by atoms with Gasteiger partial charge in [0.05, 0.1) is 16.8 Å². The highest BCUT2D eigenvalue weighted by molar-refractivity contribution is 6.01. The molecule has 1 heterocycles. The Labute approximate surface area is 163 Å². The zero-order valence-corrected chi connectivity index (χ0v) is 14.8. The molecule has 11 heteroatoms. The summed E-state index contributed by atoms with van der Waals surface area (Å²) in [6, 6.07) is 10.6. The van der Waals surface area contributed by atoms with Crippen molar-refractivity contribution in [1.82, 2.24) is 16.2 Å². The number of benzene rings is 2. The summed E-state index contributed by atoms with van der Waals surface area (Å²) in [5.74, 6) is -1.31. The second-order valence-electron chi connectivity index (χ2n) is 6.07. The molecule has 3 rings (SSSR count). The molecular weight excluding hydrogens is 393 g/mol. The van der Waals surface area contributed by atoms with E-state index in [0.717, 1.165) is 12.1 Å². The Morgan fingerprint density at radius 3 is 2.38 bits per heavy atom. The monoisotopic (exact) mass is 410 g/mol. The van der Waals surface area contributed by atoms with Gasteiger partial charge in [0.2, 0.25) is 6.41 Å². The number of halogens is 3. The Balaban J connectivity index is 1.65. The molecule has 0 aliphatic carbocycles. The summed E-state index contributed by atoms with van der Waals surface area (Å²) in [6.07, 6.45) is -6.66. The molecule has 2 aromatic rings. The summed E-state index contributed by atoms with van der Waals surface area (Å²) in [4.78, 5) is 24.3. The van der Waals surface area contributed by atoms with E-state index in [1.54, 1.807) is 18.2 Å². The molecule has 2 atom stereocenters. The van der Waals surface area contributed by atoms with Gasteiger partial charge in [0, 0.05) is 12.2 Å². The Morgan fingerprint density at radius 1 is 1.07 bits per heavy atom. The fourth-order valence-corrected chi connectivity index (χ4v) is 2.57. The maximum absolute atomic E-state index is 12.7. The number of amides is 2. The van der Waals surface area contributed by atoms with Crippen molar-refractivity contribution in [2.24, 2.45) is 0 Å². The van der Waals surface area contributed by atoms with E-state index in [-0.39, 0.29) is 12.1 Å². The molecule has 1 aliphatic rings. The molecule has 154 valence electrons. The highest BCUT2D eigenvalue weighted by Gasteiger charge is 2.30. The van der Waals surface area contributed by atoms with Crippen LogP contribution in [0, 0.1) is 0 Å². The van der Waals surface area contributed by atoms with Crippen LogP contribution in [0.4, 0.5) is 24.5 Å². The molecule has 1 saturated heterocycles. The van der Waals surface area contributed by atoms with Crippen LogP contribution in [-0.2, 0) is 15.7 Å². The summed E-state index contributed by atoms with van der Waals surface area (Å²) in [7, 11) is 0. The standard InChI is InChI=1S/C18H17F3N4O4/c19-18(20,21)10-5-7-11(8-6-10)23-13-4-2-1-3-12(13)15(26)24-25-16(27)14-9-22-17(28)29-14/h1-8,14,17,22-23,28H,9H2,(H,24,26)(H,25,27). The first kappa shape index (κ1) is 20.6. The fraction of sp³-hybridized carbons (Fsp3) is 0.222. The van der Waals surface area contributed by atoms with Crippen molar-refractivity contribution in [1.29, 1.82) is 0 Å². The van der Waals surface area contributed by atoms with Gasteiger partial charge in [0.25, 0.3) is 11.8 Å². The lowest BCUT2D eigenvalue weighted by molar-refractivity contribution is -0.144. The van der Waals surface area contributed by atoms with E-state index < -0.39 is 36.1 Å². The molecule has 2 aromatic carbocycles. The van der Waals surface area contributed by atoms with Crippen molar-refractivity contribution in [2.45, 2.75) is 18.7 Å². The van der Waals surface area contributed by atoms with Gasteiger partial charge in [0.1, 0.15) is 0 Å². The van der Waals surface area contributed by atoms with Crippen LogP contribution in [0.5, 0.6) is 0 Å². The fourth-order valence-electron chi connectivity index (χ4n) is 2.57. The lowest BCUT2D eigenvalue weighted by Crippen LogP contribution is -2.47. The van der Waals surface area contributed by atoms with Gasteiger partial charge in [0.15, 0.2) is 6.10 Å². The Kier molecular flexibility index (Phi) is 6.01. The Bertz CT molecular complexity index is 889. The van der Waals surface area contributed by atoms with Crippen LogP contribution in [0.3, 0.4) is 0 Å². The maximum Gasteiger partial charge on any atom is 0.416 e. The third kappa shape index (κ3) is 5.22. The molecule has 0 aromatic heterocycles. The number of anilines is 2. The predicted molar refractivity (Wildman–Crippen MR) is 95.7 cm³/mol. The lowest BCUT2D eigenvalue weighted by atomic mass is 10.1. The minimum atomic E-state index is -4.44. The van der Waals surface area contributed by atoms with Gasteiger partial charge < -0.3 is 15.2 Å². The Morgan fingerprint density at radius 2 is 1.76 bits per heavy atom. The molecule has 2 unspecified atom stereocenters. The zero-order chi connectivity index (χ0) is 21.0. The largest absolute Gasteiger partial charge is 0.416 e. The summed E-state index contributed by atoms with van der Waals surface area (Å²) >= 11 is 0. The number of hydrazine groups is 1. The van der Waals surface area contributed by atoms with Crippen LogP contribution in [0.2, 0.25) is 0 Å². The number of aliphatic hydroxyl groups is 1. The van der Waals surface area contributed by atoms with Crippen LogP contribution in [0.15, 0.2) is 48.5 Å². The number of aliphatic hydroxyl groups excluding tert-OH is 1. The first-order valence-corrected chi connectivity index (χ1v) is 8.44. The second kappa shape index (κ2) is 8.47. The zero-order valence-electron chi connectivity index (χ0n) is 14.8. The molecule has 0 radical (unpaired) electrons. The molecule has 1 fully saturated rings. The van der Waals surface area contributed by atoms with E-state index in [1.807, 2.05) is 0 Å². The quantitative estimate of drug-likeness (QED) is 0.488. The van der Waals surface area contributed by atoms with Crippen LogP contribution in [0.25, 0.3) is 0 Å². The van der Waals surface area contributed by atoms with Crippen molar-refractivity contribution in [3.8, 4) is 0 Å². The number of hydrogen-bond donors (Lipinski definition) is 5. The molecule has 2 amide bonds. The van der Waals surface area contributed by atoms with Crippen molar-refractivity contribution in [3.05, 3.63) is 59.7 Å². The number of carbonyl (C=O) groups excluding carboxylic acids is 2. The van der Waals surface area contributed by atoms with Crippen LogP contribution >= 0.6 is 0 Å². The number of rotatable bonds is 4. The van der Waals surface area contributed by atoms with E-state index in [9.17, 15) is 27.9 Å². The minimum Gasteiger partial charge on any atom is -0.356 e. The van der Waals surface area contributed by atoms with E-state index in [2.05, 4.69) is 21.5 Å². The molecule has 5 N–H and O–H groups in total. The van der Waals surface area contributed by atoms with E-state index in [4.69, 9.17) is 4.74 Å². The summed E-state index contributed by atoms with van der Waals surface area (Å²) in [5, 5.41) is 14.5. The van der Waals surface area contributed by atoms with Gasteiger partial charge in [-0.1, -0.05) is 12.1 Å². The second-order valence-corrected chi connectivity index (χ2v) is 6.07. The predicted octanol–water partition coefficient (Wildman–Crippen LogP) is 1.47. The summed E-state index contributed by atoms with van der Waals surface area (Å²) < 4.78 is 42.9. The van der Waals surface area contributed by atoms with Crippen LogP contribution in [0.1, 0.15) is 15.9 Å². The number of carbonyl (C=O) groups is 2. The molecule has 0 spiro atoms. The normalized spacial score (nSPS) is 18.9.